The molecule has 1 aromatic rings. The highest BCUT2D eigenvalue weighted by Gasteiger charge is 2.17. The molecule has 4 N–H and O–H groups in total. The minimum Gasteiger partial charge on any atom is -0.399 e. The lowest BCUT2D eigenvalue weighted by atomic mass is 9.90. The zero-order valence-corrected chi connectivity index (χ0v) is 9.92. The Morgan fingerprint density at radius 1 is 1.25 bits per heavy atom. The van der Waals surface area contributed by atoms with Gasteiger partial charge in [0, 0.05) is 27.7 Å². The second-order valence-electron chi connectivity index (χ2n) is 3.96. The Morgan fingerprint density at radius 3 is 2.69 bits per heavy atom. The molecule has 2 rings (SSSR count). The molecule has 3 heteroatoms. The molecule has 1 aliphatic carbocycles. The number of rotatable bonds is 1. The standard InChI is InChI=1S/C13H14N2S/c1-8-3-2-4-11(13(8)16)10-6-5-9(14)7-12(10)15/h2-8H,14-15H2,1H3. The van der Waals surface area contributed by atoms with Gasteiger partial charge in [-0.1, -0.05) is 43.4 Å². The third kappa shape index (κ3) is 1.86. The van der Waals surface area contributed by atoms with Gasteiger partial charge in [0.15, 0.2) is 0 Å². The molecule has 0 saturated heterocycles. The summed E-state index contributed by atoms with van der Waals surface area (Å²) < 4.78 is 0. The summed E-state index contributed by atoms with van der Waals surface area (Å²) >= 11 is 5.42. The fraction of sp³-hybridized carbons (Fsp3) is 0.154. The predicted octanol–water partition coefficient (Wildman–Crippen LogP) is 2.81. The number of nitrogen functional groups attached to an aromatic ring is 2. The van der Waals surface area contributed by atoms with Crippen LogP contribution in [0.5, 0.6) is 0 Å². The summed E-state index contributed by atoms with van der Waals surface area (Å²) in [7, 11) is 0. The van der Waals surface area contributed by atoms with Crippen molar-refractivity contribution in [3.8, 4) is 0 Å². The van der Waals surface area contributed by atoms with E-state index in [-0.39, 0.29) is 5.92 Å². The van der Waals surface area contributed by atoms with Gasteiger partial charge in [-0.05, 0) is 17.7 Å². The minimum absolute atomic E-state index is 0.284. The molecule has 82 valence electrons. The van der Waals surface area contributed by atoms with Gasteiger partial charge in [-0.25, -0.2) is 0 Å². The molecular weight excluding hydrogens is 216 g/mol. The smallest absolute Gasteiger partial charge is 0.0414 e. The molecule has 0 saturated carbocycles. The number of allylic oxidation sites excluding steroid dienone is 4. The number of benzene rings is 1. The summed E-state index contributed by atoms with van der Waals surface area (Å²) in [6.45, 7) is 2.08. The van der Waals surface area contributed by atoms with E-state index in [2.05, 4.69) is 13.0 Å². The Kier molecular flexibility index (Phi) is 2.79. The molecule has 0 fully saturated rings. The summed E-state index contributed by atoms with van der Waals surface area (Å²) in [5.41, 5.74) is 15.0. The maximum absolute atomic E-state index is 5.96. The molecule has 16 heavy (non-hydrogen) atoms. The molecule has 2 nitrogen and oxygen atoms in total. The first-order valence-electron chi connectivity index (χ1n) is 5.17. The van der Waals surface area contributed by atoms with Gasteiger partial charge >= 0.3 is 0 Å². The highest BCUT2D eigenvalue weighted by atomic mass is 32.1. The molecule has 1 unspecified atom stereocenters. The maximum atomic E-state index is 5.96. The van der Waals surface area contributed by atoms with E-state index in [9.17, 15) is 0 Å². The van der Waals surface area contributed by atoms with Crippen LogP contribution in [-0.4, -0.2) is 4.86 Å². The minimum atomic E-state index is 0.284. The van der Waals surface area contributed by atoms with Crippen LogP contribution >= 0.6 is 12.2 Å². The summed E-state index contributed by atoms with van der Waals surface area (Å²) in [5, 5.41) is 0. The maximum Gasteiger partial charge on any atom is 0.0414 e. The van der Waals surface area contributed by atoms with Crippen molar-refractivity contribution < 1.29 is 0 Å². The van der Waals surface area contributed by atoms with Crippen LogP contribution in [0, 0.1) is 5.92 Å². The molecule has 0 amide bonds. The second-order valence-corrected chi connectivity index (χ2v) is 4.40. The molecule has 0 radical (unpaired) electrons. The number of anilines is 2. The van der Waals surface area contributed by atoms with Gasteiger partial charge in [0.05, 0.1) is 0 Å². The van der Waals surface area contributed by atoms with E-state index in [0.29, 0.717) is 11.4 Å². The summed E-state index contributed by atoms with van der Waals surface area (Å²) in [6, 6.07) is 5.54. The molecule has 1 atom stereocenters. The molecule has 1 aromatic carbocycles. The monoisotopic (exact) mass is 230 g/mol. The van der Waals surface area contributed by atoms with E-state index in [0.717, 1.165) is 16.0 Å². The number of nitrogens with two attached hydrogens (primary N) is 2. The van der Waals surface area contributed by atoms with Gasteiger partial charge in [-0.2, -0.15) is 0 Å². The van der Waals surface area contributed by atoms with Crippen molar-refractivity contribution in [3.63, 3.8) is 0 Å². The van der Waals surface area contributed by atoms with Crippen molar-refractivity contribution in [2.24, 2.45) is 5.92 Å². The third-order valence-electron chi connectivity index (χ3n) is 2.71. The highest BCUT2D eigenvalue weighted by molar-refractivity contribution is 7.81. The molecule has 0 bridgehead atoms. The van der Waals surface area contributed by atoms with E-state index in [1.54, 1.807) is 6.07 Å². The Hall–Kier alpha value is -1.61. The lowest BCUT2D eigenvalue weighted by molar-refractivity contribution is 1.02. The van der Waals surface area contributed by atoms with Crippen LogP contribution in [-0.2, 0) is 0 Å². The van der Waals surface area contributed by atoms with Crippen molar-refractivity contribution in [2.45, 2.75) is 6.92 Å². The topological polar surface area (TPSA) is 52.0 Å². The van der Waals surface area contributed by atoms with E-state index in [1.165, 1.54) is 0 Å². The first kappa shape index (κ1) is 10.9. The van der Waals surface area contributed by atoms with Gasteiger partial charge in [-0.15, -0.1) is 0 Å². The predicted molar refractivity (Wildman–Crippen MR) is 74.1 cm³/mol. The average molecular weight is 230 g/mol. The van der Waals surface area contributed by atoms with Crippen molar-refractivity contribution >= 4 is 34.0 Å². The first-order chi connectivity index (χ1) is 7.59. The van der Waals surface area contributed by atoms with Crippen LogP contribution in [0.4, 0.5) is 11.4 Å². The van der Waals surface area contributed by atoms with Crippen LogP contribution in [0.1, 0.15) is 12.5 Å². The normalized spacial score (nSPS) is 19.7. The van der Waals surface area contributed by atoms with Crippen LogP contribution in [0.3, 0.4) is 0 Å². The fourth-order valence-corrected chi connectivity index (χ4v) is 2.04. The largest absolute Gasteiger partial charge is 0.399 e. The van der Waals surface area contributed by atoms with Gasteiger partial charge in [0.1, 0.15) is 0 Å². The lowest BCUT2D eigenvalue weighted by Gasteiger charge is -2.18. The first-order valence-corrected chi connectivity index (χ1v) is 5.58. The Morgan fingerprint density at radius 2 is 2.00 bits per heavy atom. The second kappa shape index (κ2) is 4.10. The van der Waals surface area contributed by atoms with E-state index in [4.69, 9.17) is 23.7 Å². The van der Waals surface area contributed by atoms with E-state index >= 15 is 0 Å². The third-order valence-corrected chi connectivity index (χ3v) is 3.30. The Balaban J connectivity index is 2.49. The van der Waals surface area contributed by atoms with Gasteiger partial charge in [0.2, 0.25) is 0 Å². The molecule has 0 aromatic heterocycles. The fourth-order valence-electron chi connectivity index (χ4n) is 1.78. The number of hydrogen-bond acceptors (Lipinski definition) is 3. The Labute approximate surface area is 101 Å². The van der Waals surface area contributed by atoms with E-state index < -0.39 is 0 Å². The molecule has 1 aliphatic rings. The molecule has 0 aliphatic heterocycles. The van der Waals surface area contributed by atoms with Crippen molar-refractivity contribution in [1.82, 2.24) is 0 Å². The number of hydrogen-bond donors (Lipinski definition) is 2. The molecule has 0 spiro atoms. The summed E-state index contributed by atoms with van der Waals surface area (Å²) in [5.74, 6) is 0.284. The zero-order valence-electron chi connectivity index (χ0n) is 9.10. The van der Waals surface area contributed by atoms with Gasteiger partial charge in [-0.3, -0.25) is 0 Å². The van der Waals surface area contributed by atoms with Crippen LogP contribution in [0.2, 0.25) is 0 Å². The Bertz CT molecular complexity index is 501. The molecular formula is C13H14N2S. The summed E-state index contributed by atoms with van der Waals surface area (Å²) in [6.07, 6.45) is 6.11. The van der Waals surface area contributed by atoms with Gasteiger partial charge < -0.3 is 11.5 Å². The zero-order chi connectivity index (χ0) is 11.7. The van der Waals surface area contributed by atoms with Crippen molar-refractivity contribution in [1.29, 1.82) is 0 Å². The summed E-state index contributed by atoms with van der Waals surface area (Å²) in [4.78, 5) is 0.930. The van der Waals surface area contributed by atoms with E-state index in [1.807, 2.05) is 24.3 Å². The van der Waals surface area contributed by atoms with Crippen molar-refractivity contribution in [2.75, 3.05) is 11.5 Å². The van der Waals surface area contributed by atoms with Crippen molar-refractivity contribution in [3.05, 3.63) is 42.0 Å². The SMILES string of the molecule is CC1C=CC=C(c2ccc(N)cc2N)C1=S. The van der Waals surface area contributed by atoms with Crippen LogP contribution in [0.15, 0.2) is 36.4 Å². The van der Waals surface area contributed by atoms with Crippen LogP contribution < -0.4 is 11.5 Å². The molecule has 0 heterocycles. The van der Waals surface area contributed by atoms with Gasteiger partial charge in [0.25, 0.3) is 0 Å². The van der Waals surface area contributed by atoms with Crippen LogP contribution in [0.25, 0.3) is 5.57 Å². The highest BCUT2D eigenvalue weighted by Crippen LogP contribution is 2.29. The average Bonchev–Trinajstić information content (AvgIpc) is 2.23. The quantitative estimate of drug-likeness (QED) is 0.576. The number of thiocarbonyl (C=S) groups is 1. The lowest BCUT2D eigenvalue weighted by Crippen LogP contribution is -2.12.